The molecule has 4 nitrogen and oxygen atoms in total. The molecule has 0 saturated heterocycles. The molecule has 2 rings (SSSR count). The molecule has 2 amide bonds. The number of carbonyl (C=O) groups excluding carboxylic acids is 2. The Labute approximate surface area is 157 Å². The van der Waals surface area contributed by atoms with Gasteiger partial charge in [0.1, 0.15) is 0 Å². The zero-order valence-electron chi connectivity index (χ0n) is 12.2. The fourth-order valence-electron chi connectivity index (χ4n) is 1.44. The molecule has 0 saturated carbocycles. The van der Waals surface area contributed by atoms with Gasteiger partial charge in [-0.2, -0.15) is 0 Å². The first kappa shape index (κ1) is 21.6. The van der Waals surface area contributed by atoms with Crippen molar-refractivity contribution < 1.29 is 26.7 Å². The Kier molecular flexibility index (Phi) is 12.3. The number of anilines is 2. The van der Waals surface area contributed by atoms with E-state index in [4.69, 9.17) is 0 Å². The zero-order valence-corrected chi connectivity index (χ0v) is 15.0. The molecule has 0 unspecified atom stereocenters. The van der Waals surface area contributed by atoms with Gasteiger partial charge >= 0.3 is 17.1 Å². The number of amides is 2. The van der Waals surface area contributed by atoms with Gasteiger partial charge in [-0.15, -0.1) is 0 Å². The second-order valence-corrected chi connectivity index (χ2v) is 4.69. The number of rotatable bonds is 4. The van der Waals surface area contributed by atoms with E-state index in [1.54, 1.807) is 0 Å². The Balaban J connectivity index is 0.000000403. The van der Waals surface area contributed by atoms with Crippen molar-refractivity contribution in [2.75, 3.05) is 22.1 Å². The molecule has 0 bridgehead atoms. The molecule has 0 aliphatic heterocycles. The second kappa shape index (κ2) is 13.1. The van der Waals surface area contributed by atoms with E-state index in [1.165, 1.54) is 0 Å². The summed E-state index contributed by atoms with van der Waals surface area (Å²) in [5.74, 6) is -0.0542. The van der Waals surface area contributed by atoms with E-state index in [1.807, 2.05) is 60.7 Å². The summed E-state index contributed by atoms with van der Waals surface area (Å²) in [7, 11) is 0. The molecule has 0 fully saturated rings. The van der Waals surface area contributed by atoms with Crippen molar-refractivity contribution in [2.45, 2.75) is 0 Å². The van der Waals surface area contributed by atoms with Gasteiger partial charge in [0.2, 0.25) is 0 Å². The maximum Gasteiger partial charge on any atom is 2.00 e. The van der Waals surface area contributed by atoms with Gasteiger partial charge in [0.25, 0.3) is 0 Å². The molecular formula is C16H16MnN2O2S2. The maximum atomic E-state index is 10.8. The number of hydrogen-bond donors (Lipinski definition) is 2. The topological polar surface area (TPSA) is 58.2 Å². The van der Waals surface area contributed by atoms with Crippen LogP contribution in [0.15, 0.2) is 60.7 Å². The molecule has 7 heteroatoms. The van der Waals surface area contributed by atoms with Crippen molar-refractivity contribution in [2.24, 2.45) is 0 Å². The van der Waals surface area contributed by atoms with Gasteiger partial charge in [-0.1, -0.05) is 47.9 Å². The Morgan fingerprint density at radius 3 is 1.26 bits per heavy atom. The fraction of sp³-hybridized carbons (Fsp3) is 0.125. The van der Waals surface area contributed by atoms with Crippen LogP contribution in [0.3, 0.4) is 0 Å². The summed E-state index contributed by atoms with van der Waals surface area (Å²) in [6, 6.07) is 18.5. The molecule has 0 aliphatic carbocycles. The molecule has 2 N–H and O–H groups in total. The Hall–Kier alpha value is -1.40. The van der Waals surface area contributed by atoms with Gasteiger partial charge in [0, 0.05) is 11.4 Å². The van der Waals surface area contributed by atoms with Crippen LogP contribution in [0.4, 0.5) is 11.4 Å². The van der Waals surface area contributed by atoms with Crippen LogP contribution in [0.1, 0.15) is 0 Å². The first-order valence-electron chi connectivity index (χ1n) is 6.51. The van der Waals surface area contributed by atoms with Crippen molar-refractivity contribution in [1.82, 2.24) is 0 Å². The molecule has 0 aliphatic rings. The van der Waals surface area contributed by atoms with Gasteiger partial charge in [-0.25, -0.2) is 0 Å². The third kappa shape index (κ3) is 10.1. The van der Waals surface area contributed by atoms with Crippen molar-refractivity contribution >= 4 is 48.4 Å². The summed E-state index contributed by atoms with van der Waals surface area (Å²) in [6.07, 6.45) is 0. The summed E-state index contributed by atoms with van der Waals surface area (Å²) in [6.45, 7) is 0. The van der Waals surface area contributed by atoms with Gasteiger partial charge in [0.05, 0.1) is 0 Å². The van der Waals surface area contributed by atoms with E-state index in [9.17, 15) is 9.59 Å². The van der Waals surface area contributed by atoms with Gasteiger partial charge in [-0.3, -0.25) is 9.59 Å². The van der Waals surface area contributed by atoms with Crippen LogP contribution >= 0.6 is 0 Å². The van der Waals surface area contributed by atoms with E-state index < -0.39 is 0 Å². The largest absolute Gasteiger partial charge is 2.00 e. The summed E-state index contributed by atoms with van der Waals surface area (Å²) in [4.78, 5) is 21.5. The Bertz CT molecular complexity index is 530. The van der Waals surface area contributed by atoms with E-state index in [0.29, 0.717) is 0 Å². The van der Waals surface area contributed by atoms with Gasteiger partial charge in [-0.05, 0) is 24.3 Å². The van der Waals surface area contributed by atoms with E-state index in [-0.39, 0.29) is 40.4 Å². The molecule has 2 aromatic carbocycles. The maximum absolute atomic E-state index is 10.8. The van der Waals surface area contributed by atoms with Crippen LogP contribution in [-0.4, -0.2) is 23.3 Å². The fourth-order valence-corrected chi connectivity index (χ4v) is 1.58. The van der Waals surface area contributed by atoms with Crippen LogP contribution in [0.25, 0.3) is 0 Å². The first-order valence-corrected chi connectivity index (χ1v) is 7.67. The zero-order chi connectivity index (χ0) is 16.2. The quantitative estimate of drug-likeness (QED) is 0.625. The van der Waals surface area contributed by atoms with Crippen molar-refractivity contribution in [3.05, 3.63) is 60.7 Å². The summed E-state index contributed by atoms with van der Waals surface area (Å²) in [5, 5.41) is 5.30. The Morgan fingerprint density at radius 2 is 1.00 bits per heavy atom. The normalized spacial score (nSPS) is 8.78. The third-order valence-electron chi connectivity index (χ3n) is 2.38. The van der Waals surface area contributed by atoms with E-state index in [2.05, 4.69) is 35.9 Å². The van der Waals surface area contributed by atoms with Crippen LogP contribution in [0.2, 0.25) is 0 Å². The van der Waals surface area contributed by atoms with Crippen LogP contribution in [0, 0.1) is 0 Å². The Morgan fingerprint density at radius 1 is 0.696 bits per heavy atom. The van der Waals surface area contributed by atoms with Crippen LogP contribution < -0.4 is 10.6 Å². The summed E-state index contributed by atoms with van der Waals surface area (Å²) < 4.78 is 0. The minimum absolute atomic E-state index is 0. The molecule has 1 radical (unpaired) electrons. The number of para-hydroxylation sites is 2. The average Bonchev–Trinajstić information content (AvgIpc) is 2.57. The van der Waals surface area contributed by atoms with Crippen LogP contribution in [0.5, 0.6) is 0 Å². The molecule has 121 valence electrons. The molecule has 0 heterocycles. The number of carbonyl (C=O) groups is 2. The average molecular weight is 387 g/mol. The minimum Gasteiger partial charge on any atom is -0.783 e. The smallest absolute Gasteiger partial charge is 0.783 e. The summed E-state index contributed by atoms with van der Waals surface area (Å²) in [5.41, 5.74) is 1.59. The van der Waals surface area contributed by atoms with E-state index >= 15 is 0 Å². The van der Waals surface area contributed by atoms with Crippen molar-refractivity contribution in [3.8, 4) is 0 Å². The number of hydrogen-bond acceptors (Lipinski definition) is 4. The van der Waals surface area contributed by atoms with Crippen molar-refractivity contribution in [3.63, 3.8) is 0 Å². The molecular weight excluding hydrogens is 371 g/mol. The third-order valence-corrected chi connectivity index (χ3v) is 2.90. The SMILES string of the molecule is O=C(C[S-])Nc1ccccc1.O=C(C[S-])Nc1ccccc1.[Mn+2]. The van der Waals surface area contributed by atoms with Gasteiger partial charge < -0.3 is 35.9 Å². The predicted octanol–water partition coefficient (Wildman–Crippen LogP) is 2.34. The first-order chi connectivity index (χ1) is 10.7. The number of benzene rings is 2. The molecule has 0 spiro atoms. The minimum atomic E-state index is -0.133. The molecule has 23 heavy (non-hydrogen) atoms. The molecule has 0 atom stereocenters. The monoisotopic (exact) mass is 387 g/mol. The van der Waals surface area contributed by atoms with E-state index in [0.717, 1.165) is 11.4 Å². The van der Waals surface area contributed by atoms with Crippen LogP contribution in [-0.2, 0) is 51.9 Å². The standard InChI is InChI=1S/2C8H9NOS.Mn/c2*10-8(6-11)9-7-4-2-1-3-5-7;/h2*1-5,11H,6H2,(H,9,10);/q;;+2/p-2. The molecule has 2 aromatic rings. The second-order valence-electron chi connectivity index (χ2n) is 4.12. The molecule has 0 aromatic heterocycles. The van der Waals surface area contributed by atoms with Gasteiger partial charge in [0.15, 0.2) is 11.8 Å². The summed E-state index contributed by atoms with van der Waals surface area (Å²) >= 11 is 9.12. The van der Waals surface area contributed by atoms with Crippen molar-refractivity contribution in [1.29, 1.82) is 0 Å². The number of nitrogens with one attached hydrogen (secondary N) is 2. The predicted molar refractivity (Wildman–Crippen MR) is 94.6 cm³/mol.